The van der Waals surface area contributed by atoms with Crippen molar-refractivity contribution in [1.82, 2.24) is 9.80 Å². The van der Waals surface area contributed by atoms with Gasteiger partial charge in [-0.2, -0.15) is 0 Å². The molecule has 11 atom stereocenters. The number of allylic oxidation sites excluding steroid dienone is 2. The van der Waals surface area contributed by atoms with Gasteiger partial charge in [0, 0.05) is 36.3 Å². The standard InChI is InChI=1S/C42H68N2/c1-3-12-29(13-4-1)31-22-24-33(25-23-31)43-37-20-9-7-18-35(37)41-39(43)26-27-40-42(41)36-19-8-10-21-38(36)44(40)34-17-11-16-32(28-34)30-14-5-2-6-15-30/h5,14,29-42H,1-4,6-13,15-28H2. The highest BCUT2D eigenvalue weighted by Gasteiger charge is 2.63. The third-order valence-corrected chi connectivity index (χ3v) is 16.7. The van der Waals surface area contributed by atoms with Crippen molar-refractivity contribution < 1.29 is 0 Å². The molecule has 0 aromatic heterocycles. The quantitative estimate of drug-likeness (QED) is 0.296. The Morgan fingerprint density at radius 1 is 0.386 bits per heavy atom. The molecule has 9 rings (SSSR count). The van der Waals surface area contributed by atoms with E-state index in [2.05, 4.69) is 22.0 Å². The number of likely N-dealkylation sites (tertiary alicyclic amines) is 2. The van der Waals surface area contributed by atoms with Gasteiger partial charge < -0.3 is 0 Å². The summed E-state index contributed by atoms with van der Waals surface area (Å²) in [7, 11) is 0. The molecular weight excluding hydrogens is 532 g/mol. The van der Waals surface area contributed by atoms with Crippen molar-refractivity contribution >= 4 is 0 Å². The van der Waals surface area contributed by atoms with E-state index in [4.69, 9.17) is 0 Å². The molecule has 6 saturated carbocycles. The first-order valence-corrected chi connectivity index (χ1v) is 21.1. The maximum absolute atomic E-state index is 3.36. The SMILES string of the molecule is C1=CC(C2CCCC(N3C4CCCCC4C4C5C6CCCCC6N(C6CCC(C7CCCCC7)CC6)C5CCC43)C2)CCC1. The third kappa shape index (κ3) is 5.24. The summed E-state index contributed by atoms with van der Waals surface area (Å²) >= 11 is 0. The predicted octanol–water partition coefficient (Wildman–Crippen LogP) is 10.6. The molecule has 11 unspecified atom stereocenters. The fraction of sp³-hybridized carbons (Fsp3) is 0.952. The van der Waals surface area contributed by atoms with Gasteiger partial charge in [0.05, 0.1) is 0 Å². The van der Waals surface area contributed by atoms with Crippen molar-refractivity contribution in [2.45, 2.75) is 203 Å². The molecule has 2 nitrogen and oxygen atoms in total. The second-order valence-electron chi connectivity index (χ2n) is 18.4. The molecule has 44 heavy (non-hydrogen) atoms. The molecule has 9 aliphatic rings. The first-order valence-electron chi connectivity index (χ1n) is 21.1. The Morgan fingerprint density at radius 2 is 0.977 bits per heavy atom. The predicted molar refractivity (Wildman–Crippen MR) is 184 cm³/mol. The number of nitrogens with zero attached hydrogens (tertiary/aromatic N) is 2. The summed E-state index contributed by atoms with van der Waals surface area (Å²) in [6.07, 6.45) is 45.0. The van der Waals surface area contributed by atoms with Crippen LogP contribution in [-0.4, -0.2) is 46.1 Å². The van der Waals surface area contributed by atoms with Gasteiger partial charge in [0.15, 0.2) is 0 Å². The summed E-state index contributed by atoms with van der Waals surface area (Å²) in [5, 5.41) is 0. The number of hydrogen-bond acceptors (Lipinski definition) is 2. The van der Waals surface area contributed by atoms with Crippen LogP contribution in [0, 0.1) is 47.3 Å². The second kappa shape index (κ2) is 12.9. The minimum absolute atomic E-state index is 0.905. The molecule has 7 aliphatic carbocycles. The second-order valence-corrected chi connectivity index (χ2v) is 18.4. The van der Waals surface area contributed by atoms with E-state index in [9.17, 15) is 0 Å². The van der Waals surface area contributed by atoms with Crippen molar-refractivity contribution in [3.63, 3.8) is 0 Å². The molecule has 2 saturated heterocycles. The van der Waals surface area contributed by atoms with Crippen LogP contribution in [-0.2, 0) is 0 Å². The van der Waals surface area contributed by atoms with Crippen LogP contribution in [0.25, 0.3) is 0 Å². The molecule has 246 valence electrons. The van der Waals surface area contributed by atoms with Gasteiger partial charge in [-0.25, -0.2) is 0 Å². The number of fused-ring (bicyclic) bond motifs is 7. The van der Waals surface area contributed by atoms with Crippen LogP contribution in [0.3, 0.4) is 0 Å². The lowest BCUT2D eigenvalue weighted by molar-refractivity contribution is 0.00820. The highest BCUT2D eigenvalue weighted by atomic mass is 15.3. The number of rotatable bonds is 4. The van der Waals surface area contributed by atoms with Crippen molar-refractivity contribution in [2.75, 3.05) is 0 Å². The fourth-order valence-corrected chi connectivity index (χ4v) is 15.1. The molecule has 8 fully saturated rings. The lowest BCUT2D eigenvalue weighted by atomic mass is 9.61. The Labute approximate surface area is 271 Å². The average Bonchev–Trinajstić information content (AvgIpc) is 3.62. The average molecular weight is 601 g/mol. The smallest absolute Gasteiger partial charge is 0.0137 e. The van der Waals surface area contributed by atoms with E-state index in [-0.39, 0.29) is 0 Å². The zero-order valence-corrected chi connectivity index (χ0v) is 28.5. The largest absolute Gasteiger partial charge is 0.294 e. The van der Waals surface area contributed by atoms with E-state index < -0.39 is 0 Å². The minimum atomic E-state index is 0.905. The summed E-state index contributed by atoms with van der Waals surface area (Å²) in [6, 6.07) is 5.66. The van der Waals surface area contributed by atoms with Gasteiger partial charge in [0.1, 0.15) is 0 Å². The normalized spacial score (nSPS) is 50.5. The van der Waals surface area contributed by atoms with Crippen LogP contribution in [0.2, 0.25) is 0 Å². The van der Waals surface area contributed by atoms with Gasteiger partial charge >= 0.3 is 0 Å². The summed E-state index contributed by atoms with van der Waals surface area (Å²) in [4.78, 5) is 6.72. The van der Waals surface area contributed by atoms with Crippen molar-refractivity contribution in [2.24, 2.45) is 47.3 Å². The van der Waals surface area contributed by atoms with Gasteiger partial charge in [0.25, 0.3) is 0 Å². The van der Waals surface area contributed by atoms with Crippen LogP contribution < -0.4 is 0 Å². The van der Waals surface area contributed by atoms with E-state index >= 15 is 0 Å². The zero-order valence-electron chi connectivity index (χ0n) is 28.5. The molecule has 2 aliphatic heterocycles. The Kier molecular flexibility index (Phi) is 8.75. The minimum Gasteiger partial charge on any atom is -0.294 e. The molecule has 0 bridgehead atoms. The zero-order chi connectivity index (χ0) is 29.0. The third-order valence-electron chi connectivity index (χ3n) is 16.7. The molecule has 0 aromatic carbocycles. The molecule has 2 heteroatoms. The number of hydrogen-bond donors (Lipinski definition) is 0. The lowest BCUT2D eigenvalue weighted by Gasteiger charge is -2.48. The molecule has 0 spiro atoms. The van der Waals surface area contributed by atoms with Crippen molar-refractivity contribution in [3.05, 3.63) is 12.2 Å². The Morgan fingerprint density at radius 3 is 1.64 bits per heavy atom. The van der Waals surface area contributed by atoms with E-state index in [0.29, 0.717) is 0 Å². The molecule has 0 N–H and O–H groups in total. The maximum Gasteiger partial charge on any atom is 0.0137 e. The highest BCUT2D eigenvalue weighted by Crippen LogP contribution is 2.61. The summed E-state index contributed by atoms with van der Waals surface area (Å²) in [5.41, 5.74) is 0. The van der Waals surface area contributed by atoms with Crippen LogP contribution in [0.1, 0.15) is 167 Å². The monoisotopic (exact) mass is 601 g/mol. The lowest BCUT2D eigenvalue weighted by Crippen LogP contribution is -2.53. The van der Waals surface area contributed by atoms with Gasteiger partial charge in [0.2, 0.25) is 0 Å². The van der Waals surface area contributed by atoms with Crippen LogP contribution in [0.4, 0.5) is 0 Å². The fourth-order valence-electron chi connectivity index (χ4n) is 15.1. The van der Waals surface area contributed by atoms with Gasteiger partial charge in [-0.15, -0.1) is 0 Å². The molecular formula is C42H68N2. The Balaban J connectivity index is 0.960. The summed E-state index contributed by atoms with van der Waals surface area (Å²) in [5.74, 6) is 8.24. The van der Waals surface area contributed by atoms with Crippen molar-refractivity contribution in [3.8, 4) is 0 Å². The first kappa shape index (κ1) is 29.8. The summed E-state index contributed by atoms with van der Waals surface area (Å²) in [6.45, 7) is 0. The molecule has 0 radical (unpaired) electrons. The highest BCUT2D eigenvalue weighted by molar-refractivity contribution is 5.16. The van der Waals surface area contributed by atoms with Gasteiger partial charge in [-0.1, -0.05) is 76.4 Å². The molecule has 2 heterocycles. The van der Waals surface area contributed by atoms with Crippen LogP contribution in [0.5, 0.6) is 0 Å². The van der Waals surface area contributed by atoms with Crippen LogP contribution in [0.15, 0.2) is 12.2 Å². The summed E-state index contributed by atoms with van der Waals surface area (Å²) < 4.78 is 0. The van der Waals surface area contributed by atoms with E-state index in [0.717, 1.165) is 83.6 Å². The Hall–Kier alpha value is -0.340. The van der Waals surface area contributed by atoms with Crippen LogP contribution >= 0.6 is 0 Å². The molecule has 0 aromatic rings. The van der Waals surface area contributed by atoms with Crippen molar-refractivity contribution in [1.29, 1.82) is 0 Å². The topological polar surface area (TPSA) is 6.48 Å². The van der Waals surface area contributed by atoms with E-state index in [1.54, 1.807) is 89.9 Å². The Bertz CT molecular complexity index is 990. The first-order chi connectivity index (χ1) is 21.8. The molecule has 0 amide bonds. The van der Waals surface area contributed by atoms with E-state index in [1.807, 2.05) is 0 Å². The van der Waals surface area contributed by atoms with Gasteiger partial charge in [-0.05, 0) is 150 Å². The van der Waals surface area contributed by atoms with E-state index in [1.165, 1.54) is 77.0 Å². The maximum atomic E-state index is 3.36. The van der Waals surface area contributed by atoms with Gasteiger partial charge in [-0.3, -0.25) is 9.80 Å².